The lowest BCUT2D eigenvalue weighted by molar-refractivity contribution is -0.121. The summed E-state index contributed by atoms with van der Waals surface area (Å²) in [5.41, 5.74) is 2.79. The Hall–Kier alpha value is -3.35. The SMILES string of the molecule is Cc1c([C@@H](C)NC(=O)Cc2ccc3c(c2)OCO3)cnn1-c1ccccn1. The van der Waals surface area contributed by atoms with Crippen molar-refractivity contribution in [3.05, 3.63) is 65.6 Å². The van der Waals surface area contributed by atoms with Gasteiger partial charge in [-0.15, -0.1) is 0 Å². The number of pyridine rings is 1. The lowest BCUT2D eigenvalue weighted by Gasteiger charge is -2.14. The molecular formula is C20H20N4O3. The van der Waals surface area contributed by atoms with Crippen LogP contribution >= 0.6 is 0 Å². The fourth-order valence-corrected chi connectivity index (χ4v) is 3.16. The van der Waals surface area contributed by atoms with Crippen molar-refractivity contribution in [1.29, 1.82) is 0 Å². The van der Waals surface area contributed by atoms with Crippen molar-refractivity contribution in [2.24, 2.45) is 0 Å². The van der Waals surface area contributed by atoms with Crippen LogP contribution in [0, 0.1) is 6.92 Å². The van der Waals surface area contributed by atoms with E-state index in [1.54, 1.807) is 17.1 Å². The first kappa shape index (κ1) is 17.1. The molecular weight excluding hydrogens is 344 g/mol. The Morgan fingerprint density at radius 1 is 1.26 bits per heavy atom. The summed E-state index contributed by atoms with van der Waals surface area (Å²) in [5.74, 6) is 2.08. The maximum Gasteiger partial charge on any atom is 0.231 e. The minimum absolute atomic E-state index is 0.0636. The Labute approximate surface area is 156 Å². The molecule has 138 valence electrons. The molecule has 1 aromatic carbocycles. The zero-order valence-corrected chi connectivity index (χ0v) is 15.2. The molecule has 1 N–H and O–H groups in total. The van der Waals surface area contributed by atoms with Gasteiger partial charge >= 0.3 is 0 Å². The average molecular weight is 364 g/mol. The maximum absolute atomic E-state index is 12.5. The van der Waals surface area contributed by atoms with E-state index in [9.17, 15) is 4.79 Å². The van der Waals surface area contributed by atoms with Gasteiger partial charge < -0.3 is 14.8 Å². The number of hydrogen-bond donors (Lipinski definition) is 1. The Bertz CT molecular complexity index is 969. The molecule has 0 radical (unpaired) electrons. The lowest BCUT2D eigenvalue weighted by atomic mass is 10.1. The number of benzene rings is 1. The van der Waals surface area contributed by atoms with Crippen LogP contribution in [0.1, 0.15) is 29.8 Å². The van der Waals surface area contributed by atoms with Crippen molar-refractivity contribution in [3.63, 3.8) is 0 Å². The normalized spacial score (nSPS) is 13.4. The Balaban J connectivity index is 1.44. The van der Waals surface area contributed by atoms with Gasteiger partial charge in [0.25, 0.3) is 0 Å². The highest BCUT2D eigenvalue weighted by molar-refractivity contribution is 5.79. The Morgan fingerprint density at radius 2 is 2.11 bits per heavy atom. The van der Waals surface area contributed by atoms with E-state index in [-0.39, 0.29) is 25.2 Å². The smallest absolute Gasteiger partial charge is 0.231 e. The van der Waals surface area contributed by atoms with E-state index in [4.69, 9.17) is 9.47 Å². The highest BCUT2D eigenvalue weighted by Gasteiger charge is 2.18. The molecule has 1 atom stereocenters. The molecule has 7 nitrogen and oxygen atoms in total. The van der Waals surface area contributed by atoms with Gasteiger partial charge in [-0.05, 0) is 43.7 Å². The van der Waals surface area contributed by atoms with Crippen LogP contribution in [0.4, 0.5) is 0 Å². The van der Waals surface area contributed by atoms with E-state index in [0.717, 1.165) is 22.6 Å². The number of amides is 1. The van der Waals surface area contributed by atoms with Crippen molar-refractivity contribution in [2.45, 2.75) is 26.3 Å². The van der Waals surface area contributed by atoms with E-state index in [0.29, 0.717) is 11.5 Å². The third-order valence-corrected chi connectivity index (χ3v) is 4.56. The van der Waals surface area contributed by atoms with Gasteiger partial charge in [-0.1, -0.05) is 12.1 Å². The standard InChI is InChI=1S/C20H20N4O3/c1-13(16-11-22-24(14(16)2)19-5-3-4-8-21-19)23-20(25)10-15-6-7-17-18(9-15)27-12-26-17/h3-9,11,13H,10,12H2,1-2H3,(H,23,25)/t13-/m1/s1. The van der Waals surface area contributed by atoms with E-state index in [1.165, 1.54) is 0 Å². The summed E-state index contributed by atoms with van der Waals surface area (Å²) in [7, 11) is 0. The first-order chi connectivity index (χ1) is 13.1. The van der Waals surface area contributed by atoms with Crippen molar-refractivity contribution < 1.29 is 14.3 Å². The molecule has 0 fully saturated rings. The summed E-state index contributed by atoms with van der Waals surface area (Å²) >= 11 is 0. The van der Waals surface area contributed by atoms with Gasteiger partial charge in [0, 0.05) is 17.5 Å². The van der Waals surface area contributed by atoms with E-state index in [1.807, 2.05) is 50.2 Å². The second-order valence-electron chi connectivity index (χ2n) is 6.44. The van der Waals surface area contributed by atoms with E-state index < -0.39 is 0 Å². The van der Waals surface area contributed by atoms with Crippen LogP contribution in [0.15, 0.2) is 48.8 Å². The summed E-state index contributed by atoms with van der Waals surface area (Å²) in [6.07, 6.45) is 3.77. The molecule has 0 spiro atoms. The van der Waals surface area contributed by atoms with Crippen molar-refractivity contribution in [3.8, 4) is 17.3 Å². The van der Waals surface area contributed by atoms with Crippen molar-refractivity contribution in [2.75, 3.05) is 6.79 Å². The monoisotopic (exact) mass is 364 g/mol. The second-order valence-corrected chi connectivity index (χ2v) is 6.44. The maximum atomic E-state index is 12.5. The van der Waals surface area contributed by atoms with Crippen LogP contribution in [-0.4, -0.2) is 27.5 Å². The van der Waals surface area contributed by atoms with Crippen molar-refractivity contribution >= 4 is 5.91 Å². The predicted octanol–water partition coefficient (Wildman–Crippen LogP) is 2.72. The highest BCUT2D eigenvalue weighted by Crippen LogP contribution is 2.32. The third kappa shape index (κ3) is 3.48. The van der Waals surface area contributed by atoms with E-state index in [2.05, 4.69) is 15.4 Å². The molecule has 0 aliphatic carbocycles. The molecule has 3 heterocycles. The van der Waals surface area contributed by atoms with Gasteiger partial charge in [-0.2, -0.15) is 5.10 Å². The van der Waals surface area contributed by atoms with Gasteiger partial charge in [0.15, 0.2) is 17.3 Å². The molecule has 2 aromatic heterocycles. The quantitative estimate of drug-likeness (QED) is 0.753. The van der Waals surface area contributed by atoms with Gasteiger partial charge in [-0.25, -0.2) is 9.67 Å². The lowest BCUT2D eigenvalue weighted by Crippen LogP contribution is -2.28. The largest absolute Gasteiger partial charge is 0.454 e. The number of carbonyl (C=O) groups excluding carboxylic acids is 1. The molecule has 1 aliphatic heterocycles. The summed E-state index contributed by atoms with van der Waals surface area (Å²) in [4.78, 5) is 16.8. The topological polar surface area (TPSA) is 78.3 Å². The molecule has 0 bridgehead atoms. The highest BCUT2D eigenvalue weighted by atomic mass is 16.7. The second kappa shape index (κ2) is 7.11. The van der Waals surface area contributed by atoms with Crippen LogP contribution < -0.4 is 14.8 Å². The van der Waals surface area contributed by atoms with Crippen molar-refractivity contribution in [1.82, 2.24) is 20.1 Å². The number of aromatic nitrogens is 3. The molecule has 4 rings (SSSR count). The average Bonchev–Trinajstić information content (AvgIpc) is 3.28. The van der Waals surface area contributed by atoms with Gasteiger partial charge in [0.05, 0.1) is 18.7 Å². The molecule has 3 aromatic rings. The first-order valence-electron chi connectivity index (χ1n) is 8.75. The number of hydrogen-bond acceptors (Lipinski definition) is 5. The fourth-order valence-electron chi connectivity index (χ4n) is 3.16. The van der Waals surface area contributed by atoms with Crippen LogP contribution in [0.25, 0.3) is 5.82 Å². The molecule has 0 saturated heterocycles. The number of carbonyl (C=O) groups is 1. The number of rotatable bonds is 5. The molecule has 1 amide bonds. The minimum atomic E-state index is -0.163. The zero-order valence-electron chi connectivity index (χ0n) is 15.2. The fraction of sp³-hybridized carbons (Fsp3) is 0.250. The molecule has 0 unspecified atom stereocenters. The van der Waals surface area contributed by atoms with Crippen LogP contribution in [-0.2, 0) is 11.2 Å². The van der Waals surface area contributed by atoms with Gasteiger partial charge in [-0.3, -0.25) is 4.79 Å². The molecule has 7 heteroatoms. The first-order valence-corrected chi connectivity index (χ1v) is 8.75. The number of ether oxygens (including phenoxy) is 2. The van der Waals surface area contributed by atoms with E-state index >= 15 is 0 Å². The van der Waals surface area contributed by atoms with Crippen LogP contribution in [0.3, 0.4) is 0 Å². The molecule has 27 heavy (non-hydrogen) atoms. The summed E-state index contributed by atoms with van der Waals surface area (Å²) < 4.78 is 12.4. The molecule has 1 aliphatic rings. The number of nitrogens with zero attached hydrogens (tertiary/aromatic N) is 3. The summed E-state index contributed by atoms with van der Waals surface area (Å²) in [6, 6.07) is 11.1. The number of nitrogens with one attached hydrogen (secondary N) is 1. The van der Waals surface area contributed by atoms with Gasteiger partial charge in [0.2, 0.25) is 12.7 Å². The Morgan fingerprint density at radius 3 is 2.93 bits per heavy atom. The zero-order chi connectivity index (χ0) is 18.8. The summed E-state index contributed by atoms with van der Waals surface area (Å²) in [6.45, 7) is 4.14. The Kier molecular flexibility index (Phi) is 4.50. The number of fused-ring (bicyclic) bond motifs is 1. The third-order valence-electron chi connectivity index (χ3n) is 4.56. The summed E-state index contributed by atoms with van der Waals surface area (Å²) in [5, 5.41) is 7.44. The van der Waals surface area contributed by atoms with Crippen LogP contribution in [0.2, 0.25) is 0 Å². The minimum Gasteiger partial charge on any atom is -0.454 e. The van der Waals surface area contributed by atoms with Crippen LogP contribution in [0.5, 0.6) is 11.5 Å². The molecule has 0 saturated carbocycles. The predicted molar refractivity (Wildman–Crippen MR) is 98.9 cm³/mol. The van der Waals surface area contributed by atoms with Gasteiger partial charge in [0.1, 0.15) is 0 Å².